The van der Waals surface area contributed by atoms with E-state index in [2.05, 4.69) is 26.1 Å². The molecule has 1 aliphatic rings. The van der Waals surface area contributed by atoms with Crippen molar-refractivity contribution in [2.24, 2.45) is 5.92 Å². The van der Waals surface area contributed by atoms with Crippen LogP contribution in [0.15, 0.2) is 4.79 Å². The number of nitrogens with one attached hydrogen (secondary N) is 1. The van der Waals surface area contributed by atoms with E-state index in [1.165, 1.54) is 4.88 Å². The van der Waals surface area contributed by atoms with E-state index < -0.39 is 0 Å². The van der Waals surface area contributed by atoms with E-state index in [1.54, 1.807) is 11.3 Å². The maximum absolute atomic E-state index is 12.9. The second kappa shape index (κ2) is 5.54. The molecule has 0 spiro atoms. The first-order valence-electron chi connectivity index (χ1n) is 7.71. The zero-order valence-electron chi connectivity index (χ0n) is 13.2. The molecule has 0 aliphatic heterocycles. The SMILES string of the molecule is Cc1sc2nc(CNCC(C)C)n(C3CC3)c(=O)c2c1C. The quantitative estimate of drug-likeness (QED) is 0.923. The van der Waals surface area contributed by atoms with Crippen molar-refractivity contribution < 1.29 is 0 Å². The van der Waals surface area contributed by atoms with Crippen molar-refractivity contribution in [2.45, 2.75) is 53.1 Å². The van der Waals surface area contributed by atoms with Gasteiger partial charge in [-0.05, 0) is 44.7 Å². The average Bonchev–Trinajstić information content (AvgIpc) is 3.17. The van der Waals surface area contributed by atoms with Crippen molar-refractivity contribution in [2.75, 3.05) is 6.54 Å². The van der Waals surface area contributed by atoms with E-state index in [0.717, 1.165) is 41.0 Å². The van der Waals surface area contributed by atoms with Crippen LogP contribution in [0.4, 0.5) is 0 Å². The van der Waals surface area contributed by atoms with Crippen LogP contribution < -0.4 is 10.9 Å². The van der Waals surface area contributed by atoms with Crippen LogP contribution in [0.5, 0.6) is 0 Å². The lowest BCUT2D eigenvalue weighted by atomic mass is 10.2. The maximum atomic E-state index is 12.9. The average molecular weight is 305 g/mol. The topological polar surface area (TPSA) is 46.9 Å². The molecule has 0 radical (unpaired) electrons. The molecule has 0 aromatic carbocycles. The third kappa shape index (κ3) is 2.77. The highest BCUT2D eigenvalue weighted by Crippen LogP contribution is 2.36. The monoisotopic (exact) mass is 305 g/mol. The third-order valence-corrected chi connectivity index (χ3v) is 5.16. The van der Waals surface area contributed by atoms with Crippen LogP contribution >= 0.6 is 11.3 Å². The predicted octanol–water partition coefficient (Wildman–Crippen LogP) is 3.16. The molecule has 5 heteroatoms. The van der Waals surface area contributed by atoms with Gasteiger partial charge < -0.3 is 5.32 Å². The molecule has 4 nitrogen and oxygen atoms in total. The lowest BCUT2D eigenvalue weighted by Crippen LogP contribution is -2.29. The van der Waals surface area contributed by atoms with Crippen molar-refractivity contribution in [3.8, 4) is 0 Å². The van der Waals surface area contributed by atoms with Gasteiger partial charge in [-0.25, -0.2) is 4.98 Å². The second-order valence-corrected chi connectivity index (χ2v) is 7.63. The number of fused-ring (bicyclic) bond motifs is 1. The van der Waals surface area contributed by atoms with Crippen LogP contribution in [-0.2, 0) is 6.54 Å². The molecule has 1 saturated carbocycles. The Balaban J connectivity index is 2.06. The van der Waals surface area contributed by atoms with Crippen LogP contribution in [0.2, 0.25) is 0 Å². The summed E-state index contributed by atoms with van der Waals surface area (Å²) in [5.41, 5.74) is 1.26. The molecule has 3 rings (SSSR count). The summed E-state index contributed by atoms with van der Waals surface area (Å²) in [5.74, 6) is 1.50. The van der Waals surface area contributed by atoms with Gasteiger partial charge in [0.1, 0.15) is 10.7 Å². The van der Waals surface area contributed by atoms with Crippen molar-refractivity contribution >= 4 is 21.6 Å². The van der Waals surface area contributed by atoms with Crippen LogP contribution in [0, 0.1) is 19.8 Å². The number of aromatic nitrogens is 2. The van der Waals surface area contributed by atoms with Crippen molar-refractivity contribution in [1.82, 2.24) is 14.9 Å². The van der Waals surface area contributed by atoms with Crippen LogP contribution in [0.25, 0.3) is 10.2 Å². The molecular weight excluding hydrogens is 282 g/mol. The first-order valence-corrected chi connectivity index (χ1v) is 8.52. The zero-order valence-corrected chi connectivity index (χ0v) is 14.0. The van der Waals surface area contributed by atoms with Gasteiger partial charge in [0.2, 0.25) is 0 Å². The molecule has 0 bridgehead atoms. The molecular formula is C16H23N3OS. The summed E-state index contributed by atoms with van der Waals surface area (Å²) in [7, 11) is 0. The van der Waals surface area contributed by atoms with E-state index in [-0.39, 0.29) is 5.56 Å². The lowest BCUT2D eigenvalue weighted by Gasteiger charge is -2.13. The number of aryl methyl sites for hydroxylation is 2. The zero-order chi connectivity index (χ0) is 15.1. The van der Waals surface area contributed by atoms with Gasteiger partial charge in [0.05, 0.1) is 11.9 Å². The van der Waals surface area contributed by atoms with Crippen LogP contribution in [0.1, 0.15) is 49.0 Å². The minimum absolute atomic E-state index is 0.158. The van der Waals surface area contributed by atoms with E-state index in [0.29, 0.717) is 18.5 Å². The smallest absolute Gasteiger partial charge is 0.262 e. The molecule has 114 valence electrons. The summed E-state index contributed by atoms with van der Waals surface area (Å²) in [4.78, 5) is 19.8. The van der Waals surface area contributed by atoms with E-state index >= 15 is 0 Å². The summed E-state index contributed by atoms with van der Waals surface area (Å²) in [5, 5.41) is 4.25. The largest absolute Gasteiger partial charge is 0.310 e. The van der Waals surface area contributed by atoms with Crippen molar-refractivity contribution in [3.05, 3.63) is 26.6 Å². The molecule has 0 saturated heterocycles. The molecule has 2 heterocycles. The van der Waals surface area contributed by atoms with E-state index in [1.807, 2.05) is 11.5 Å². The summed E-state index contributed by atoms with van der Waals surface area (Å²) in [6.45, 7) is 10.1. The van der Waals surface area contributed by atoms with Gasteiger partial charge in [-0.3, -0.25) is 9.36 Å². The van der Waals surface area contributed by atoms with Gasteiger partial charge in [0.15, 0.2) is 0 Å². The molecule has 2 aromatic heterocycles. The Labute approximate surface area is 129 Å². The number of thiophene rings is 1. The summed E-state index contributed by atoms with van der Waals surface area (Å²) in [6, 6.07) is 0.366. The van der Waals surface area contributed by atoms with Gasteiger partial charge in [-0.2, -0.15) is 0 Å². The molecule has 0 atom stereocenters. The van der Waals surface area contributed by atoms with Crippen LogP contribution in [0.3, 0.4) is 0 Å². The Kier molecular flexibility index (Phi) is 3.88. The second-order valence-electron chi connectivity index (χ2n) is 6.42. The lowest BCUT2D eigenvalue weighted by molar-refractivity contribution is 0.521. The van der Waals surface area contributed by atoms with Gasteiger partial charge in [-0.15, -0.1) is 11.3 Å². The summed E-state index contributed by atoms with van der Waals surface area (Å²) in [6.07, 6.45) is 2.21. The summed E-state index contributed by atoms with van der Waals surface area (Å²) >= 11 is 1.64. The van der Waals surface area contributed by atoms with Gasteiger partial charge in [0.25, 0.3) is 5.56 Å². The fourth-order valence-electron chi connectivity index (χ4n) is 2.66. The highest BCUT2D eigenvalue weighted by atomic mass is 32.1. The Morgan fingerprint density at radius 2 is 2.10 bits per heavy atom. The first-order chi connectivity index (χ1) is 9.99. The number of nitrogens with zero attached hydrogens (tertiary/aromatic N) is 2. The maximum Gasteiger partial charge on any atom is 0.262 e. The normalized spacial score (nSPS) is 15.3. The number of rotatable bonds is 5. The fraction of sp³-hybridized carbons (Fsp3) is 0.625. The highest BCUT2D eigenvalue weighted by Gasteiger charge is 2.29. The minimum Gasteiger partial charge on any atom is -0.310 e. The van der Waals surface area contributed by atoms with Gasteiger partial charge in [0, 0.05) is 10.9 Å². The summed E-state index contributed by atoms with van der Waals surface area (Å²) < 4.78 is 1.94. The van der Waals surface area contributed by atoms with E-state index in [4.69, 9.17) is 4.98 Å². The molecule has 0 amide bonds. The first kappa shape index (κ1) is 14.7. The molecule has 2 aromatic rings. The van der Waals surface area contributed by atoms with Crippen LogP contribution in [-0.4, -0.2) is 16.1 Å². The standard InChI is InChI=1S/C16H23N3OS/c1-9(2)7-17-8-13-18-15-14(10(3)11(4)21-15)16(20)19(13)12-5-6-12/h9,12,17H,5-8H2,1-4H3. The predicted molar refractivity (Wildman–Crippen MR) is 88.2 cm³/mol. The molecule has 0 unspecified atom stereocenters. The number of hydrogen-bond donors (Lipinski definition) is 1. The minimum atomic E-state index is 0.158. The van der Waals surface area contributed by atoms with E-state index in [9.17, 15) is 4.79 Å². The highest BCUT2D eigenvalue weighted by molar-refractivity contribution is 7.18. The Hall–Kier alpha value is -1.20. The molecule has 21 heavy (non-hydrogen) atoms. The third-order valence-electron chi connectivity index (χ3n) is 4.06. The van der Waals surface area contributed by atoms with Crippen molar-refractivity contribution in [3.63, 3.8) is 0 Å². The fourth-order valence-corrected chi connectivity index (χ4v) is 3.69. The molecule has 1 N–H and O–H groups in total. The Bertz CT molecular complexity index is 725. The molecule has 1 aliphatic carbocycles. The molecule has 1 fully saturated rings. The number of hydrogen-bond acceptors (Lipinski definition) is 4. The Morgan fingerprint density at radius 3 is 2.71 bits per heavy atom. The van der Waals surface area contributed by atoms with Crippen molar-refractivity contribution in [1.29, 1.82) is 0 Å². The van der Waals surface area contributed by atoms with Gasteiger partial charge in [-0.1, -0.05) is 13.8 Å². The Morgan fingerprint density at radius 1 is 1.38 bits per heavy atom. The van der Waals surface area contributed by atoms with Gasteiger partial charge >= 0.3 is 0 Å².